The van der Waals surface area contributed by atoms with Gasteiger partial charge in [-0.05, 0) is 24.6 Å². The molecule has 0 aliphatic heterocycles. The number of carbonyl (C=O) groups excluding carboxylic acids is 1. The first-order chi connectivity index (χ1) is 7.63. The molecule has 0 atom stereocenters. The van der Waals surface area contributed by atoms with E-state index in [-0.39, 0.29) is 19.1 Å². The summed E-state index contributed by atoms with van der Waals surface area (Å²) in [6, 6.07) is 5.72. The van der Waals surface area contributed by atoms with Crippen molar-refractivity contribution in [2.75, 3.05) is 25.0 Å². The fraction of sp³-hybridized carbons (Fsp3) is 0.364. The van der Waals surface area contributed by atoms with Gasteiger partial charge in [-0.3, -0.25) is 4.79 Å². The van der Waals surface area contributed by atoms with E-state index in [0.717, 1.165) is 15.7 Å². The Morgan fingerprint density at radius 1 is 1.50 bits per heavy atom. The number of hydrogen-bond acceptors (Lipinski definition) is 3. The normalized spacial score (nSPS) is 10.2. The highest BCUT2D eigenvalue weighted by Crippen LogP contribution is 2.20. The average molecular weight is 287 g/mol. The number of carbonyl (C=O) groups is 1. The monoisotopic (exact) mass is 286 g/mol. The molecule has 1 aromatic carbocycles. The van der Waals surface area contributed by atoms with Crippen LogP contribution in [0.2, 0.25) is 0 Å². The SMILES string of the molecule is Cc1ccc(Br)cc1NC(=O)CNCCO. The van der Waals surface area contributed by atoms with Crippen LogP contribution in [-0.4, -0.2) is 30.7 Å². The number of aliphatic hydroxyl groups excluding tert-OH is 1. The second-order valence-corrected chi connectivity index (χ2v) is 4.32. The zero-order chi connectivity index (χ0) is 12.0. The van der Waals surface area contributed by atoms with Gasteiger partial charge in [0.2, 0.25) is 5.91 Å². The van der Waals surface area contributed by atoms with E-state index < -0.39 is 0 Å². The summed E-state index contributed by atoms with van der Waals surface area (Å²) in [5.41, 5.74) is 1.81. The molecule has 5 heteroatoms. The first-order valence-electron chi connectivity index (χ1n) is 5.01. The van der Waals surface area contributed by atoms with Crippen LogP contribution in [-0.2, 0) is 4.79 Å². The van der Waals surface area contributed by atoms with Crippen LogP contribution >= 0.6 is 15.9 Å². The summed E-state index contributed by atoms with van der Waals surface area (Å²) >= 11 is 3.35. The summed E-state index contributed by atoms with van der Waals surface area (Å²) in [5, 5.41) is 14.2. The maximum absolute atomic E-state index is 11.5. The summed E-state index contributed by atoms with van der Waals surface area (Å²) in [4.78, 5) is 11.5. The number of halogens is 1. The van der Waals surface area contributed by atoms with Gasteiger partial charge in [0, 0.05) is 16.7 Å². The molecule has 0 saturated heterocycles. The van der Waals surface area contributed by atoms with Crippen molar-refractivity contribution in [1.82, 2.24) is 5.32 Å². The molecule has 1 amide bonds. The molecule has 4 nitrogen and oxygen atoms in total. The first kappa shape index (κ1) is 13.2. The molecule has 0 aliphatic rings. The van der Waals surface area contributed by atoms with Crippen molar-refractivity contribution in [2.45, 2.75) is 6.92 Å². The molecular formula is C11H15BrN2O2. The molecule has 0 aliphatic carbocycles. The highest BCUT2D eigenvalue weighted by atomic mass is 79.9. The molecule has 88 valence electrons. The quantitative estimate of drug-likeness (QED) is 0.715. The molecule has 16 heavy (non-hydrogen) atoms. The van der Waals surface area contributed by atoms with E-state index in [4.69, 9.17) is 5.11 Å². The first-order valence-corrected chi connectivity index (χ1v) is 5.80. The molecule has 0 spiro atoms. The minimum atomic E-state index is -0.116. The number of hydrogen-bond donors (Lipinski definition) is 3. The third kappa shape index (κ3) is 4.30. The Hall–Kier alpha value is -0.910. The van der Waals surface area contributed by atoms with Crippen LogP contribution in [0.1, 0.15) is 5.56 Å². The van der Waals surface area contributed by atoms with E-state index in [9.17, 15) is 4.79 Å². The molecule has 0 radical (unpaired) electrons. The number of nitrogens with one attached hydrogen (secondary N) is 2. The van der Waals surface area contributed by atoms with Crippen LogP contribution in [0.15, 0.2) is 22.7 Å². The van der Waals surface area contributed by atoms with Crippen molar-refractivity contribution in [3.63, 3.8) is 0 Å². The largest absolute Gasteiger partial charge is 0.395 e. The van der Waals surface area contributed by atoms with Crippen molar-refractivity contribution in [3.05, 3.63) is 28.2 Å². The highest BCUT2D eigenvalue weighted by molar-refractivity contribution is 9.10. The summed E-state index contributed by atoms with van der Waals surface area (Å²) < 4.78 is 0.928. The Morgan fingerprint density at radius 3 is 2.94 bits per heavy atom. The van der Waals surface area contributed by atoms with Gasteiger partial charge in [0.15, 0.2) is 0 Å². The van der Waals surface area contributed by atoms with Crippen LogP contribution in [0.4, 0.5) is 5.69 Å². The number of benzene rings is 1. The Balaban J connectivity index is 2.52. The number of anilines is 1. The predicted molar refractivity (Wildman–Crippen MR) is 67.5 cm³/mol. The highest BCUT2D eigenvalue weighted by Gasteiger charge is 2.04. The van der Waals surface area contributed by atoms with Crippen LogP contribution in [0, 0.1) is 6.92 Å². The van der Waals surface area contributed by atoms with E-state index in [0.29, 0.717) is 6.54 Å². The van der Waals surface area contributed by atoms with E-state index in [1.54, 1.807) is 0 Å². The molecule has 3 N–H and O–H groups in total. The Morgan fingerprint density at radius 2 is 2.25 bits per heavy atom. The molecule has 0 heterocycles. The molecule has 0 aromatic heterocycles. The zero-order valence-electron chi connectivity index (χ0n) is 9.09. The lowest BCUT2D eigenvalue weighted by Crippen LogP contribution is -2.30. The van der Waals surface area contributed by atoms with Gasteiger partial charge in [0.25, 0.3) is 0 Å². The number of aliphatic hydroxyl groups is 1. The number of amides is 1. The topological polar surface area (TPSA) is 61.4 Å². The predicted octanol–water partition coefficient (Wildman–Crippen LogP) is 1.28. The number of aryl methyl sites for hydroxylation is 1. The summed E-state index contributed by atoms with van der Waals surface area (Å²) in [7, 11) is 0. The van der Waals surface area contributed by atoms with E-state index >= 15 is 0 Å². The van der Waals surface area contributed by atoms with Gasteiger partial charge in [0.1, 0.15) is 0 Å². The fourth-order valence-corrected chi connectivity index (χ4v) is 1.57. The van der Waals surface area contributed by atoms with Crippen LogP contribution in [0.25, 0.3) is 0 Å². The van der Waals surface area contributed by atoms with Crippen LogP contribution in [0.5, 0.6) is 0 Å². The maximum Gasteiger partial charge on any atom is 0.238 e. The lowest BCUT2D eigenvalue weighted by atomic mass is 10.2. The molecule has 1 aromatic rings. The van der Waals surface area contributed by atoms with Gasteiger partial charge in [-0.15, -0.1) is 0 Å². The van der Waals surface area contributed by atoms with Crippen molar-refractivity contribution < 1.29 is 9.90 Å². The minimum absolute atomic E-state index is 0.0309. The summed E-state index contributed by atoms with van der Waals surface area (Å²) in [6.07, 6.45) is 0. The van der Waals surface area contributed by atoms with Crippen molar-refractivity contribution in [2.24, 2.45) is 0 Å². The average Bonchev–Trinajstić information content (AvgIpc) is 2.24. The standard InChI is InChI=1S/C11H15BrN2O2/c1-8-2-3-9(12)6-10(8)14-11(16)7-13-4-5-15/h2-3,6,13,15H,4-5,7H2,1H3,(H,14,16). The molecule has 0 unspecified atom stereocenters. The van der Waals surface area contributed by atoms with Crippen molar-refractivity contribution >= 4 is 27.5 Å². The van der Waals surface area contributed by atoms with Gasteiger partial charge >= 0.3 is 0 Å². The zero-order valence-corrected chi connectivity index (χ0v) is 10.7. The van der Waals surface area contributed by atoms with Crippen LogP contribution in [0.3, 0.4) is 0 Å². The molecule has 0 bridgehead atoms. The van der Waals surface area contributed by atoms with Gasteiger partial charge in [-0.25, -0.2) is 0 Å². The van der Waals surface area contributed by atoms with Gasteiger partial charge in [0.05, 0.1) is 13.2 Å². The lowest BCUT2D eigenvalue weighted by Gasteiger charge is -2.09. The molecule has 0 saturated carbocycles. The third-order valence-electron chi connectivity index (χ3n) is 2.05. The minimum Gasteiger partial charge on any atom is -0.395 e. The smallest absolute Gasteiger partial charge is 0.238 e. The lowest BCUT2D eigenvalue weighted by molar-refractivity contribution is -0.115. The Labute approximate surface area is 103 Å². The Kier molecular flexibility index (Phi) is 5.45. The van der Waals surface area contributed by atoms with E-state index in [1.807, 2.05) is 25.1 Å². The van der Waals surface area contributed by atoms with E-state index in [1.165, 1.54) is 0 Å². The molecule has 0 fully saturated rings. The second-order valence-electron chi connectivity index (χ2n) is 3.41. The van der Waals surface area contributed by atoms with Crippen molar-refractivity contribution in [3.8, 4) is 0 Å². The fourth-order valence-electron chi connectivity index (χ4n) is 1.20. The Bertz CT molecular complexity index is 369. The van der Waals surface area contributed by atoms with Gasteiger partial charge in [-0.2, -0.15) is 0 Å². The summed E-state index contributed by atoms with van der Waals surface area (Å²) in [6.45, 7) is 2.59. The number of rotatable bonds is 5. The van der Waals surface area contributed by atoms with Crippen LogP contribution < -0.4 is 10.6 Å². The maximum atomic E-state index is 11.5. The van der Waals surface area contributed by atoms with Crippen molar-refractivity contribution in [1.29, 1.82) is 0 Å². The molecular weight excluding hydrogens is 272 g/mol. The molecule has 1 rings (SSSR count). The third-order valence-corrected chi connectivity index (χ3v) is 2.54. The van der Waals surface area contributed by atoms with E-state index in [2.05, 4.69) is 26.6 Å². The second kappa shape index (κ2) is 6.62. The summed E-state index contributed by atoms with van der Waals surface area (Å²) in [5.74, 6) is -0.116. The van der Waals surface area contributed by atoms with Gasteiger partial charge < -0.3 is 15.7 Å². The van der Waals surface area contributed by atoms with Gasteiger partial charge in [-0.1, -0.05) is 22.0 Å².